The summed E-state index contributed by atoms with van der Waals surface area (Å²) in [6.45, 7) is 0.692. The van der Waals surface area contributed by atoms with E-state index < -0.39 is 0 Å². The van der Waals surface area contributed by atoms with Gasteiger partial charge in [-0.15, -0.1) is 12.4 Å². The quantitative estimate of drug-likeness (QED) is 0.829. The average Bonchev–Trinajstić information content (AvgIpc) is 2.15. The molecule has 0 radical (unpaired) electrons. The van der Waals surface area contributed by atoms with Crippen molar-refractivity contribution in [1.29, 1.82) is 0 Å². The Morgan fingerprint density at radius 2 is 2.14 bits per heavy atom. The monoisotopic (exact) mass is 279 g/mol. The van der Waals surface area contributed by atoms with Crippen molar-refractivity contribution in [3.05, 3.63) is 28.5 Å². The number of aromatic nitrogens is 1. The van der Waals surface area contributed by atoms with E-state index in [9.17, 15) is 0 Å². The normalized spacial score (nSPS) is 11.9. The average molecular weight is 281 g/mol. The summed E-state index contributed by atoms with van der Waals surface area (Å²) in [5, 5.41) is 0. The molecule has 4 N–H and O–H groups in total. The van der Waals surface area contributed by atoms with Gasteiger partial charge in [0, 0.05) is 12.2 Å². The summed E-state index contributed by atoms with van der Waals surface area (Å²) in [6.07, 6.45) is 3.67. The largest absolute Gasteiger partial charge is 0.330 e. The van der Waals surface area contributed by atoms with Crippen LogP contribution in [0.1, 0.15) is 24.4 Å². The van der Waals surface area contributed by atoms with Crippen LogP contribution in [0.5, 0.6) is 0 Å². The third-order valence-electron chi connectivity index (χ3n) is 1.90. The molecular weight excluding hydrogens is 265 g/mol. The van der Waals surface area contributed by atoms with Crippen LogP contribution in [0.4, 0.5) is 0 Å². The van der Waals surface area contributed by atoms with Gasteiger partial charge in [-0.05, 0) is 46.9 Å². The first kappa shape index (κ1) is 13.8. The molecule has 0 aliphatic rings. The number of hydrogen-bond donors (Lipinski definition) is 2. The van der Waals surface area contributed by atoms with Gasteiger partial charge in [0.15, 0.2) is 0 Å². The van der Waals surface area contributed by atoms with Gasteiger partial charge in [0.05, 0.1) is 0 Å². The van der Waals surface area contributed by atoms with Crippen LogP contribution >= 0.6 is 28.3 Å². The summed E-state index contributed by atoms with van der Waals surface area (Å²) < 4.78 is 0.835. The number of pyridine rings is 1. The van der Waals surface area contributed by atoms with E-state index in [4.69, 9.17) is 11.5 Å². The minimum absolute atomic E-state index is 0. The molecule has 0 amide bonds. The fourth-order valence-corrected chi connectivity index (χ4v) is 1.35. The van der Waals surface area contributed by atoms with Crippen LogP contribution < -0.4 is 11.5 Å². The van der Waals surface area contributed by atoms with E-state index in [1.54, 1.807) is 6.20 Å². The maximum atomic E-state index is 5.92. The molecular formula is C9H15BrClN3. The molecule has 3 nitrogen and oxygen atoms in total. The standard InChI is InChI=1S/C9H14BrN3.ClH/c10-9-4-3-7(6-13-9)8(12)2-1-5-11;/h3-4,6,8H,1-2,5,11-12H2;1H/t8-;/m1./s1. The molecule has 1 aromatic rings. The van der Waals surface area contributed by atoms with Crippen LogP contribution in [-0.4, -0.2) is 11.5 Å². The third-order valence-corrected chi connectivity index (χ3v) is 2.37. The molecule has 0 aliphatic heterocycles. The van der Waals surface area contributed by atoms with Gasteiger partial charge in [-0.2, -0.15) is 0 Å². The molecule has 0 bridgehead atoms. The fourth-order valence-electron chi connectivity index (χ4n) is 1.11. The Kier molecular flexibility index (Phi) is 7.09. The maximum absolute atomic E-state index is 5.92. The summed E-state index contributed by atoms with van der Waals surface area (Å²) in [7, 11) is 0. The lowest BCUT2D eigenvalue weighted by Crippen LogP contribution is -2.12. The van der Waals surface area contributed by atoms with Gasteiger partial charge in [-0.25, -0.2) is 4.98 Å². The number of nitrogens with zero attached hydrogens (tertiary/aromatic N) is 1. The lowest BCUT2D eigenvalue weighted by Gasteiger charge is -2.10. The lowest BCUT2D eigenvalue weighted by atomic mass is 10.1. The van der Waals surface area contributed by atoms with Crippen molar-refractivity contribution in [2.45, 2.75) is 18.9 Å². The minimum atomic E-state index is 0. The Labute approximate surface area is 98.8 Å². The predicted octanol–water partition coefficient (Wildman–Crippen LogP) is 2.00. The van der Waals surface area contributed by atoms with E-state index in [-0.39, 0.29) is 18.4 Å². The van der Waals surface area contributed by atoms with Crippen molar-refractivity contribution < 1.29 is 0 Å². The fraction of sp³-hybridized carbons (Fsp3) is 0.444. The van der Waals surface area contributed by atoms with Crippen LogP contribution in [0.15, 0.2) is 22.9 Å². The summed E-state index contributed by atoms with van der Waals surface area (Å²) in [5.41, 5.74) is 12.4. The van der Waals surface area contributed by atoms with Crippen molar-refractivity contribution >= 4 is 28.3 Å². The smallest absolute Gasteiger partial charge is 0.106 e. The molecule has 0 fully saturated rings. The number of halogens is 2. The zero-order valence-electron chi connectivity index (χ0n) is 7.82. The summed E-state index contributed by atoms with van der Waals surface area (Å²) in [5.74, 6) is 0. The Morgan fingerprint density at radius 1 is 1.43 bits per heavy atom. The van der Waals surface area contributed by atoms with Gasteiger partial charge >= 0.3 is 0 Å². The zero-order valence-corrected chi connectivity index (χ0v) is 10.2. The molecule has 1 rings (SSSR count). The SMILES string of the molecule is Cl.NCCC[C@@H](N)c1ccc(Br)nc1. The molecule has 1 heterocycles. The molecule has 0 aliphatic carbocycles. The molecule has 80 valence electrons. The zero-order chi connectivity index (χ0) is 9.68. The lowest BCUT2D eigenvalue weighted by molar-refractivity contribution is 0.616. The Hall–Kier alpha value is -0.160. The van der Waals surface area contributed by atoms with E-state index in [0.717, 1.165) is 23.0 Å². The van der Waals surface area contributed by atoms with Crippen LogP contribution in [-0.2, 0) is 0 Å². The van der Waals surface area contributed by atoms with Gasteiger partial charge in [0.25, 0.3) is 0 Å². The van der Waals surface area contributed by atoms with Crippen LogP contribution in [0, 0.1) is 0 Å². The number of rotatable bonds is 4. The van der Waals surface area contributed by atoms with E-state index in [1.165, 1.54) is 0 Å². The van der Waals surface area contributed by atoms with Crippen molar-refractivity contribution in [2.24, 2.45) is 11.5 Å². The van der Waals surface area contributed by atoms with Gasteiger partial charge in [0.2, 0.25) is 0 Å². The molecule has 1 aromatic heterocycles. The Bertz CT molecular complexity index is 253. The molecule has 0 saturated carbocycles. The van der Waals surface area contributed by atoms with E-state index >= 15 is 0 Å². The molecule has 0 unspecified atom stereocenters. The minimum Gasteiger partial charge on any atom is -0.330 e. The van der Waals surface area contributed by atoms with Crippen molar-refractivity contribution in [1.82, 2.24) is 4.98 Å². The highest BCUT2D eigenvalue weighted by Crippen LogP contribution is 2.15. The van der Waals surface area contributed by atoms with Crippen LogP contribution in [0.25, 0.3) is 0 Å². The summed E-state index contributed by atoms with van der Waals surface area (Å²) in [4.78, 5) is 4.11. The van der Waals surface area contributed by atoms with Gasteiger partial charge in [0.1, 0.15) is 4.60 Å². The third kappa shape index (κ3) is 4.37. The second-order valence-corrected chi connectivity index (χ2v) is 3.76. The maximum Gasteiger partial charge on any atom is 0.106 e. The van der Waals surface area contributed by atoms with Crippen molar-refractivity contribution in [3.8, 4) is 0 Å². The van der Waals surface area contributed by atoms with E-state index in [1.807, 2.05) is 12.1 Å². The Morgan fingerprint density at radius 3 is 2.64 bits per heavy atom. The van der Waals surface area contributed by atoms with E-state index in [0.29, 0.717) is 6.54 Å². The highest BCUT2D eigenvalue weighted by Gasteiger charge is 2.04. The second-order valence-electron chi connectivity index (χ2n) is 2.95. The number of hydrogen-bond acceptors (Lipinski definition) is 3. The highest BCUT2D eigenvalue weighted by atomic mass is 79.9. The molecule has 0 aromatic carbocycles. The molecule has 0 saturated heterocycles. The van der Waals surface area contributed by atoms with E-state index in [2.05, 4.69) is 20.9 Å². The second kappa shape index (κ2) is 7.17. The number of nitrogens with two attached hydrogens (primary N) is 2. The molecule has 5 heteroatoms. The van der Waals surface area contributed by atoms with Crippen molar-refractivity contribution in [3.63, 3.8) is 0 Å². The van der Waals surface area contributed by atoms with Gasteiger partial charge in [-0.3, -0.25) is 0 Å². The van der Waals surface area contributed by atoms with Gasteiger partial charge < -0.3 is 11.5 Å². The predicted molar refractivity (Wildman–Crippen MR) is 64.4 cm³/mol. The Balaban J connectivity index is 0.00000169. The first-order chi connectivity index (χ1) is 6.24. The first-order valence-corrected chi connectivity index (χ1v) is 5.10. The van der Waals surface area contributed by atoms with Gasteiger partial charge in [-0.1, -0.05) is 6.07 Å². The highest BCUT2D eigenvalue weighted by molar-refractivity contribution is 9.10. The summed E-state index contributed by atoms with van der Waals surface area (Å²) >= 11 is 3.28. The van der Waals surface area contributed by atoms with Crippen LogP contribution in [0.3, 0.4) is 0 Å². The topological polar surface area (TPSA) is 64.9 Å². The molecule has 0 spiro atoms. The first-order valence-electron chi connectivity index (χ1n) is 4.31. The van der Waals surface area contributed by atoms with Crippen LogP contribution in [0.2, 0.25) is 0 Å². The summed E-state index contributed by atoms with van der Waals surface area (Å²) in [6, 6.07) is 3.94. The molecule has 1 atom stereocenters. The molecule has 14 heavy (non-hydrogen) atoms. The van der Waals surface area contributed by atoms with Crippen molar-refractivity contribution in [2.75, 3.05) is 6.54 Å².